The topological polar surface area (TPSA) is 32.5 Å². The maximum atomic E-state index is 5.98. The molecule has 0 saturated heterocycles. The van der Waals surface area contributed by atoms with E-state index in [0.29, 0.717) is 0 Å². The first-order valence-electron chi connectivity index (χ1n) is 6.36. The highest BCUT2D eigenvalue weighted by molar-refractivity contribution is 6.30. The van der Waals surface area contributed by atoms with E-state index in [9.17, 15) is 0 Å². The standard InChI is InChI=1S/C14H20ClN3/c1-2-8-18-11-17(9-7-14(18)16)10-12-3-5-13(15)6-4-12/h3-7H,2,8-11,16H2,1H3. The van der Waals surface area contributed by atoms with Crippen LogP contribution in [-0.2, 0) is 6.54 Å². The minimum Gasteiger partial charge on any atom is -0.386 e. The monoisotopic (exact) mass is 265 g/mol. The number of benzene rings is 1. The minimum absolute atomic E-state index is 0.786. The molecule has 0 bridgehead atoms. The van der Waals surface area contributed by atoms with E-state index >= 15 is 0 Å². The van der Waals surface area contributed by atoms with Crippen molar-refractivity contribution in [2.24, 2.45) is 5.73 Å². The Hall–Kier alpha value is -1.19. The third kappa shape index (κ3) is 3.40. The molecule has 1 aromatic carbocycles. The van der Waals surface area contributed by atoms with E-state index in [4.69, 9.17) is 17.3 Å². The van der Waals surface area contributed by atoms with Crippen molar-refractivity contribution in [1.29, 1.82) is 0 Å². The number of hydrogen-bond donors (Lipinski definition) is 1. The van der Waals surface area contributed by atoms with E-state index < -0.39 is 0 Å². The predicted molar refractivity (Wildman–Crippen MR) is 76.0 cm³/mol. The third-order valence-electron chi connectivity index (χ3n) is 3.11. The number of nitrogens with zero attached hydrogens (tertiary/aromatic N) is 2. The van der Waals surface area contributed by atoms with Crippen LogP contribution in [0.4, 0.5) is 0 Å². The van der Waals surface area contributed by atoms with E-state index in [-0.39, 0.29) is 0 Å². The number of nitrogens with two attached hydrogens (primary N) is 1. The third-order valence-corrected chi connectivity index (χ3v) is 3.36. The van der Waals surface area contributed by atoms with Crippen LogP contribution in [0.25, 0.3) is 0 Å². The second-order valence-corrected chi connectivity index (χ2v) is 5.11. The molecule has 0 amide bonds. The molecule has 4 heteroatoms. The lowest BCUT2D eigenvalue weighted by atomic mass is 10.2. The van der Waals surface area contributed by atoms with Gasteiger partial charge < -0.3 is 10.6 Å². The van der Waals surface area contributed by atoms with Crippen LogP contribution in [0.1, 0.15) is 18.9 Å². The largest absolute Gasteiger partial charge is 0.386 e. The Balaban J connectivity index is 1.96. The smallest absolute Gasteiger partial charge is 0.0968 e. The average molecular weight is 266 g/mol. The fraction of sp³-hybridized carbons (Fsp3) is 0.429. The molecular weight excluding hydrogens is 246 g/mol. The van der Waals surface area contributed by atoms with Crippen LogP contribution in [0.2, 0.25) is 5.02 Å². The quantitative estimate of drug-likeness (QED) is 0.908. The summed E-state index contributed by atoms with van der Waals surface area (Å²) < 4.78 is 0. The fourth-order valence-corrected chi connectivity index (χ4v) is 2.29. The Kier molecular flexibility index (Phi) is 4.50. The molecule has 0 aliphatic carbocycles. The molecule has 3 nitrogen and oxygen atoms in total. The molecule has 0 aromatic heterocycles. The van der Waals surface area contributed by atoms with Gasteiger partial charge in [-0.3, -0.25) is 4.90 Å². The van der Waals surface area contributed by atoms with Crippen molar-refractivity contribution in [3.63, 3.8) is 0 Å². The Morgan fingerprint density at radius 3 is 2.67 bits per heavy atom. The van der Waals surface area contributed by atoms with Gasteiger partial charge in [0, 0.05) is 24.7 Å². The van der Waals surface area contributed by atoms with E-state index in [2.05, 4.69) is 34.9 Å². The second kappa shape index (κ2) is 6.12. The lowest BCUT2D eigenvalue weighted by molar-refractivity contribution is 0.147. The molecule has 0 unspecified atom stereocenters. The number of hydrogen-bond acceptors (Lipinski definition) is 3. The SMILES string of the molecule is CCCN1CN(Cc2ccc(Cl)cc2)CC=C1N. The minimum atomic E-state index is 0.786. The van der Waals surface area contributed by atoms with Gasteiger partial charge in [0.05, 0.1) is 12.5 Å². The first kappa shape index (κ1) is 13.2. The number of halogens is 1. The molecular formula is C14H20ClN3. The summed E-state index contributed by atoms with van der Waals surface area (Å²) in [6.45, 7) is 5.93. The predicted octanol–water partition coefficient (Wildman–Crippen LogP) is 2.63. The van der Waals surface area contributed by atoms with Crippen molar-refractivity contribution in [3.05, 3.63) is 46.7 Å². The molecule has 1 aliphatic heterocycles. The molecule has 0 radical (unpaired) electrons. The van der Waals surface area contributed by atoms with Crippen molar-refractivity contribution in [1.82, 2.24) is 9.80 Å². The van der Waals surface area contributed by atoms with E-state index in [1.54, 1.807) is 0 Å². The molecule has 0 atom stereocenters. The molecule has 2 rings (SSSR count). The summed E-state index contributed by atoms with van der Waals surface area (Å²) in [7, 11) is 0. The fourth-order valence-electron chi connectivity index (χ4n) is 2.16. The van der Waals surface area contributed by atoms with Gasteiger partial charge in [0.1, 0.15) is 0 Å². The van der Waals surface area contributed by atoms with Crippen LogP contribution in [-0.4, -0.2) is 29.6 Å². The first-order chi connectivity index (χ1) is 8.69. The Morgan fingerprint density at radius 1 is 1.28 bits per heavy atom. The molecule has 0 spiro atoms. The van der Waals surface area contributed by atoms with E-state index in [0.717, 1.165) is 43.6 Å². The maximum Gasteiger partial charge on any atom is 0.0968 e. The summed E-state index contributed by atoms with van der Waals surface area (Å²) in [6, 6.07) is 8.03. The van der Waals surface area contributed by atoms with Crippen LogP contribution >= 0.6 is 11.6 Å². The van der Waals surface area contributed by atoms with Crippen molar-refractivity contribution in [2.45, 2.75) is 19.9 Å². The normalized spacial score (nSPS) is 16.8. The van der Waals surface area contributed by atoms with Gasteiger partial charge in [-0.1, -0.05) is 30.7 Å². The lowest BCUT2D eigenvalue weighted by Gasteiger charge is -2.35. The van der Waals surface area contributed by atoms with Crippen molar-refractivity contribution >= 4 is 11.6 Å². The van der Waals surface area contributed by atoms with E-state index in [1.165, 1.54) is 5.56 Å². The van der Waals surface area contributed by atoms with Crippen molar-refractivity contribution in [2.75, 3.05) is 19.8 Å². The van der Waals surface area contributed by atoms with Gasteiger partial charge in [0.2, 0.25) is 0 Å². The molecule has 0 fully saturated rings. The molecule has 1 heterocycles. The molecule has 2 N–H and O–H groups in total. The highest BCUT2D eigenvalue weighted by Gasteiger charge is 2.16. The van der Waals surface area contributed by atoms with Crippen LogP contribution in [0.5, 0.6) is 0 Å². The lowest BCUT2D eigenvalue weighted by Crippen LogP contribution is -2.43. The first-order valence-corrected chi connectivity index (χ1v) is 6.74. The molecule has 1 aliphatic rings. The second-order valence-electron chi connectivity index (χ2n) is 4.67. The zero-order chi connectivity index (χ0) is 13.0. The van der Waals surface area contributed by atoms with Gasteiger partial charge in [0.25, 0.3) is 0 Å². The van der Waals surface area contributed by atoms with Gasteiger partial charge in [-0.25, -0.2) is 0 Å². The molecule has 98 valence electrons. The Bertz CT molecular complexity index is 414. The van der Waals surface area contributed by atoms with Gasteiger partial charge >= 0.3 is 0 Å². The van der Waals surface area contributed by atoms with Gasteiger partial charge in [-0.15, -0.1) is 0 Å². The average Bonchev–Trinajstić information content (AvgIpc) is 2.37. The highest BCUT2D eigenvalue weighted by Crippen LogP contribution is 2.14. The summed E-state index contributed by atoms with van der Waals surface area (Å²) in [6.07, 6.45) is 3.21. The van der Waals surface area contributed by atoms with Crippen molar-refractivity contribution in [3.8, 4) is 0 Å². The molecule has 1 aromatic rings. The van der Waals surface area contributed by atoms with Crippen LogP contribution in [0, 0.1) is 0 Å². The van der Waals surface area contributed by atoms with Crippen LogP contribution in [0.3, 0.4) is 0 Å². The Morgan fingerprint density at radius 2 is 2.00 bits per heavy atom. The van der Waals surface area contributed by atoms with Crippen LogP contribution in [0.15, 0.2) is 36.2 Å². The summed E-state index contributed by atoms with van der Waals surface area (Å²) in [5.41, 5.74) is 7.27. The van der Waals surface area contributed by atoms with Crippen LogP contribution < -0.4 is 5.73 Å². The highest BCUT2D eigenvalue weighted by atomic mass is 35.5. The zero-order valence-corrected chi connectivity index (χ0v) is 11.5. The summed E-state index contributed by atoms with van der Waals surface area (Å²) >= 11 is 5.89. The Labute approximate surface area is 114 Å². The summed E-state index contributed by atoms with van der Waals surface area (Å²) in [4.78, 5) is 4.59. The van der Waals surface area contributed by atoms with Gasteiger partial charge in [-0.2, -0.15) is 0 Å². The molecule has 18 heavy (non-hydrogen) atoms. The summed E-state index contributed by atoms with van der Waals surface area (Å²) in [5, 5.41) is 0.786. The van der Waals surface area contributed by atoms with Gasteiger partial charge in [0.15, 0.2) is 0 Å². The zero-order valence-electron chi connectivity index (χ0n) is 10.8. The van der Waals surface area contributed by atoms with Gasteiger partial charge in [-0.05, 0) is 30.2 Å². The summed E-state index contributed by atoms with van der Waals surface area (Å²) in [5.74, 6) is 0.907. The molecule has 0 saturated carbocycles. The number of rotatable bonds is 4. The van der Waals surface area contributed by atoms with Crippen molar-refractivity contribution < 1.29 is 0 Å². The maximum absolute atomic E-state index is 5.98. The van der Waals surface area contributed by atoms with E-state index in [1.807, 2.05) is 12.1 Å².